The molecule has 0 spiro atoms. The lowest BCUT2D eigenvalue weighted by atomic mass is 10.0. The van der Waals surface area contributed by atoms with E-state index in [1.54, 1.807) is 18.2 Å². The molecule has 1 aromatic heterocycles. The van der Waals surface area contributed by atoms with Crippen LogP contribution in [0.5, 0.6) is 0 Å². The second-order valence-electron chi connectivity index (χ2n) is 3.88. The number of benzene rings is 1. The van der Waals surface area contributed by atoms with Crippen molar-refractivity contribution < 1.29 is 9.59 Å². The van der Waals surface area contributed by atoms with Crippen molar-refractivity contribution >= 4 is 28.4 Å². The van der Waals surface area contributed by atoms with Gasteiger partial charge in [0.05, 0.1) is 0 Å². The van der Waals surface area contributed by atoms with Gasteiger partial charge < -0.3 is 11.5 Å². The minimum absolute atomic E-state index is 0.127. The number of amides is 3. The highest BCUT2D eigenvalue weighted by Gasteiger charge is 2.15. The van der Waals surface area contributed by atoms with Gasteiger partial charge in [-0.05, 0) is 18.6 Å². The summed E-state index contributed by atoms with van der Waals surface area (Å²) in [6.45, 7) is 1.85. The van der Waals surface area contributed by atoms with Crippen molar-refractivity contribution in [2.24, 2.45) is 5.73 Å². The molecule has 2 rings (SSSR count). The fourth-order valence-electron chi connectivity index (χ4n) is 1.86. The van der Waals surface area contributed by atoms with E-state index in [1.165, 1.54) is 6.20 Å². The number of hydrogen-bond donors (Lipinski definition) is 3. The second kappa shape index (κ2) is 4.33. The summed E-state index contributed by atoms with van der Waals surface area (Å²) in [6.07, 6.45) is 1.54. The number of pyridine rings is 1. The summed E-state index contributed by atoms with van der Waals surface area (Å²) in [5, 5.41) is 3.33. The summed E-state index contributed by atoms with van der Waals surface area (Å²) in [7, 11) is 0. The predicted octanol–water partition coefficient (Wildman–Crippen LogP) is 0.934. The topological polar surface area (TPSA) is 111 Å². The van der Waals surface area contributed by atoms with Crippen LogP contribution in [0.15, 0.2) is 24.4 Å². The summed E-state index contributed by atoms with van der Waals surface area (Å²) in [5.41, 5.74) is 12.3. The summed E-state index contributed by atoms with van der Waals surface area (Å²) in [6, 6.07) is 4.27. The molecule has 1 heterocycles. The smallest absolute Gasteiger partial charge is 0.319 e. The van der Waals surface area contributed by atoms with Crippen LogP contribution in [0.3, 0.4) is 0 Å². The first kappa shape index (κ1) is 11.8. The highest BCUT2D eigenvalue weighted by atomic mass is 16.2. The van der Waals surface area contributed by atoms with E-state index in [2.05, 4.69) is 4.98 Å². The zero-order chi connectivity index (χ0) is 13.3. The summed E-state index contributed by atoms with van der Waals surface area (Å²) in [4.78, 5) is 26.5. The molecule has 0 aliphatic heterocycles. The lowest BCUT2D eigenvalue weighted by Gasteiger charge is -2.09. The van der Waals surface area contributed by atoms with Gasteiger partial charge in [0.1, 0.15) is 5.69 Å². The zero-order valence-electron chi connectivity index (χ0n) is 9.73. The van der Waals surface area contributed by atoms with Gasteiger partial charge in [-0.1, -0.05) is 12.1 Å². The van der Waals surface area contributed by atoms with E-state index >= 15 is 0 Å². The van der Waals surface area contributed by atoms with Crippen LogP contribution in [0.25, 0.3) is 10.8 Å². The molecule has 0 bridgehead atoms. The van der Waals surface area contributed by atoms with Crippen molar-refractivity contribution in [3.05, 3.63) is 35.7 Å². The van der Waals surface area contributed by atoms with E-state index in [-0.39, 0.29) is 5.69 Å². The van der Waals surface area contributed by atoms with Gasteiger partial charge in [0.25, 0.3) is 5.91 Å². The molecule has 6 nitrogen and oxygen atoms in total. The van der Waals surface area contributed by atoms with Crippen LogP contribution in [-0.4, -0.2) is 16.9 Å². The molecule has 0 aliphatic carbocycles. The summed E-state index contributed by atoms with van der Waals surface area (Å²) >= 11 is 0. The Labute approximate surface area is 103 Å². The molecule has 0 fully saturated rings. The summed E-state index contributed by atoms with van der Waals surface area (Å²) in [5.74, 6) is -0.641. The van der Waals surface area contributed by atoms with E-state index in [9.17, 15) is 9.59 Å². The Balaban J connectivity index is 2.67. The number of primary amides is 1. The lowest BCUT2D eigenvalue weighted by molar-refractivity contribution is 0.0963. The molecular formula is C12H12N4O2. The van der Waals surface area contributed by atoms with Gasteiger partial charge in [-0.15, -0.1) is 0 Å². The van der Waals surface area contributed by atoms with Crippen molar-refractivity contribution in [1.29, 1.82) is 0 Å². The number of carbonyl (C=O) groups excluding carboxylic acids is 2. The molecule has 0 saturated carbocycles. The quantitative estimate of drug-likeness (QED) is 0.648. The molecule has 6 heteroatoms. The molecular weight excluding hydrogens is 232 g/mol. The van der Waals surface area contributed by atoms with Gasteiger partial charge in [0.2, 0.25) is 0 Å². The van der Waals surface area contributed by atoms with Crippen LogP contribution in [0, 0.1) is 6.92 Å². The Bertz CT molecular complexity index is 644. The fourth-order valence-corrected chi connectivity index (χ4v) is 1.86. The Morgan fingerprint density at radius 2 is 2.06 bits per heavy atom. The Hall–Kier alpha value is -2.63. The Morgan fingerprint density at radius 3 is 2.72 bits per heavy atom. The number of nitrogens with one attached hydrogen (secondary N) is 1. The van der Waals surface area contributed by atoms with Crippen LogP contribution >= 0.6 is 0 Å². The number of aromatic nitrogens is 1. The monoisotopic (exact) mass is 244 g/mol. The lowest BCUT2D eigenvalue weighted by Crippen LogP contribution is -2.35. The van der Waals surface area contributed by atoms with Crippen LogP contribution in [-0.2, 0) is 0 Å². The molecule has 5 N–H and O–H groups in total. The largest absolute Gasteiger partial charge is 0.398 e. The van der Waals surface area contributed by atoms with Gasteiger partial charge in [0.15, 0.2) is 0 Å². The van der Waals surface area contributed by atoms with Crippen LogP contribution < -0.4 is 16.8 Å². The fraction of sp³-hybridized carbons (Fsp3) is 0.0833. The molecule has 92 valence electrons. The zero-order valence-corrected chi connectivity index (χ0v) is 9.73. The number of aryl methyl sites for hydroxylation is 1. The SMILES string of the molecule is Cc1cnc(C(=O)NC(N)=O)c2cccc(N)c12. The third-order valence-electron chi connectivity index (χ3n) is 2.59. The van der Waals surface area contributed by atoms with E-state index in [0.717, 1.165) is 10.9 Å². The number of rotatable bonds is 1. The van der Waals surface area contributed by atoms with Crippen molar-refractivity contribution in [2.45, 2.75) is 6.92 Å². The Morgan fingerprint density at radius 1 is 1.33 bits per heavy atom. The first-order chi connectivity index (χ1) is 8.50. The average Bonchev–Trinajstić information content (AvgIpc) is 2.28. The number of nitrogens with zero attached hydrogens (tertiary/aromatic N) is 1. The highest BCUT2D eigenvalue weighted by molar-refractivity contribution is 6.12. The maximum atomic E-state index is 11.8. The number of hydrogen-bond acceptors (Lipinski definition) is 4. The molecule has 18 heavy (non-hydrogen) atoms. The number of fused-ring (bicyclic) bond motifs is 1. The molecule has 0 saturated heterocycles. The van der Waals surface area contributed by atoms with E-state index in [0.29, 0.717) is 11.1 Å². The molecule has 3 amide bonds. The number of nitrogen functional groups attached to an aromatic ring is 1. The van der Waals surface area contributed by atoms with E-state index in [4.69, 9.17) is 11.5 Å². The van der Waals surface area contributed by atoms with Crippen molar-refractivity contribution in [1.82, 2.24) is 10.3 Å². The van der Waals surface area contributed by atoms with Gasteiger partial charge >= 0.3 is 6.03 Å². The van der Waals surface area contributed by atoms with Crippen LogP contribution in [0.1, 0.15) is 16.1 Å². The third-order valence-corrected chi connectivity index (χ3v) is 2.59. The standard InChI is InChI=1S/C12H12N4O2/c1-6-5-15-10(11(17)16-12(14)18)7-3-2-4-8(13)9(6)7/h2-5H,13H2,1H3,(H3,14,16,17,18). The minimum Gasteiger partial charge on any atom is -0.398 e. The maximum absolute atomic E-state index is 11.8. The van der Waals surface area contributed by atoms with Crippen molar-refractivity contribution in [3.8, 4) is 0 Å². The first-order valence-corrected chi connectivity index (χ1v) is 5.25. The van der Waals surface area contributed by atoms with Crippen molar-refractivity contribution in [2.75, 3.05) is 5.73 Å². The normalized spacial score (nSPS) is 10.3. The summed E-state index contributed by atoms with van der Waals surface area (Å²) < 4.78 is 0. The predicted molar refractivity (Wildman–Crippen MR) is 67.9 cm³/mol. The molecule has 1 aromatic carbocycles. The third kappa shape index (κ3) is 1.95. The molecule has 0 radical (unpaired) electrons. The van der Waals surface area contributed by atoms with E-state index in [1.807, 2.05) is 12.2 Å². The molecule has 2 aromatic rings. The second-order valence-corrected chi connectivity index (χ2v) is 3.88. The average molecular weight is 244 g/mol. The number of imide groups is 1. The number of urea groups is 1. The molecule has 0 unspecified atom stereocenters. The number of nitrogens with two attached hydrogens (primary N) is 2. The van der Waals surface area contributed by atoms with Gasteiger partial charge in [-0.25, -0.2) is 4.79 Å². The molecule has 0 atom stereocenters. The van der Waals surface area contributed by atoms with Gasteiger partial charge in [0, 0.05) is 22.7 Å². The molecule has 0 aliphatic rings. The number of carbonyl (C=O) groups is 2. The first-order valence-electron chi connectivity index (χ1n) is 5.25. The van der Waals surface area contributed by atoms with Gasteiger partial charge in [-0.2, -0.15) is 0 Å². The Kier molecular flexibility index (Phi) is 2.85. The van der Waals surface area contributed by atoms with E-state index < -0.39 is 11.9 Å². The van der Waals surface area contributed by atoms with Crippen LogP contribution in [0.4, 0.5) is 10.5 Å². The minimum atomic E-state index is -0.917. The van der Waals surface area contributed by atoms with Crippen molar-refractivity contribution in [3.63, 3.8) is 0 Å². The maximum Gasteiger partial charge on any atom is 0.319 e. The van der Waals surface area contributed by atoms with Crippen LogP contribution in [0.2, 0.25) is 0 Å². The van der Waals surface area contributed by atoms with Gasteiger partial charge in [-0.3, -0.25) is 15.1 Å². The number of anilines is 1. The highest BCUT2D eigenvalue weighted by Crippen LogP contribution is 2.25.